The first kappa shape index (κ1) is 36.8. The van der Waals surface area contributed by atoms with Crippen molar-refractivity contribution in [2.24, 2.45) is 11.3 Å². The van der Waals surface area contributed by atoms with Crippen molar-refractivity contribution in [1.29, 1.82) is 5.41 Å². The molecule has 0 saturated heterocycles. The maximum atomic E-state index is 15.5. The van der Waals surface area contributed by atoms with Crippen LogP contribution in [0.25, 0.3) is 10.9 Å². The van der Waals surface area contributed by atoms with Crippen molar-refractivity contribution in [2.75, 3.05) is 18.6 Å². The number of methoxy groups -OCH3 is 1. The number of allylic oxidation sites excluding steroid dienone is 1. The Balaban J connectivity index is 1.53. The molecule has 2 atom stereocenters. The predicted octanol–water partition coefficient (Wildman–Crippen LogP) is 8.14. The van der Waals surface area contributed by atoms with Crippen molar-refractivity contribution in [2.45, 2.75) is 65.3 Å². The molecule has 8 nitrogen and oxygen atoms in total. The summed E-state index contributed by atoms with van der Waals surface area (Å²) in [6.07, 6.45) is 7.12. The molecule has 266 valence electrons. The highest BCUT2D eigenvalue weighted by Gasteiger charge is 2.31. The Labute approximate surface area is 292 Å². The van der Waals surface area contributed by atoms with Crippen LogP contribution in [-0.4, -0.2) is 43.7 Å². The molecule has 0 spiro atoms. The zero-order valence-electron chi connectivity index (χ0n) is 29.2. The molecule has 0 aliphatic carbocycles. The highest BCUT2D eigenvalue weighted by Crippen LogP contribution is 2.37. The number of sulfone groups is 1. The van der Waals surface area contributed by atoms with Crippen LogP contribution < -0.4 is 10.1 Å². The molecule has 2 heterocycles. The number of halogens is 2. The summed E-state index contributed by atoms with van der Waals surface area (Å²) in [6.45, 7) is 7.72. The zero-order chi connectivity index (χ0) is 36.3. The first-order chi connectivity index (χ1) is 23.6. The molecule has 5 rings (SSSR count). The number of hydrogen-bond acceptors (Lipinski definition) is 7. The number of esters is 1. The van der Waals surface area contributed by atoms with E-state index >= 15 is 8.78 Å². The highest BCUT2D eigenvalue weighted by molar-refractivity contribution is 7.91. The number of hydrogen-bond donors (Lipinski definition) is 3. The SMILES string of the molecule is COC(=O)[C@H](C)Cc1cccc(C2(C)CCCC(C)(C)CS(=O)(=O)CCc3c(c(F)cc4[nH]ccc34)Oc3ccc(F)c(c3)C(=N)/C=C\N2)c1. The molecule has 4 aromatic rings. The van der Waals surface area contributed by atoms with E-state index in [1.807, 2.05) is 52.0 Å². The molecule has 3 N–H and O–H groups in total. The summed E-state index contributed by atoms with van der Waals surface area (Å²) in [5.74, 6) is -2.26. The first-order valence-corrected chi connectivity index (χ1v) is 18.6. The first-order valence-electron chi connectivity index (χ1n) is 16.8. The fraction of sp³-hybridized carbons (Fsp3) is 0.385. The molecular weight excluding hydrogens is 661 g/mol. The van der Waals surface area contributed by atoms with Crippen LogP contribution in [0.2, 0.25) is 0 Å². The number of benzene rings is 3. The van der Waals surface area contributed by atoms with Crippen molar-refractivity contribution in [3.05, 3.63) is 107 Å². The van der Waals surface area contributed by atoms with Crippen molar-refractivity contribution in [1.82, 2.24) is 10.3 Å². The summed E-state index contributed by atoms with van der Waals surface area (Å²) in [4.78, 5) is 15.1. The second-order valence-electron chi connectivity index (χ2n) is 14.3. The van der Waals surface area contributed by atoms with Gasteiger partial charge in [-0.1, -0.05) is 51.5 Å². The van der Waals surface area contributed by atoms with E-state index in [2.05, 4.69) is 10.3 Å². The number of fused-ring (bicyclic) bond motifs is 5. The van der Waals surface area contributed by atoms with Crippen molar-refractivity contribution in [3.63, 3.8) is 0 Å². The Morgan fingerprint density at radius 3 is 2.60 bits per heavy atom. The summed E-state index contributed by atoms with van der Waals surface area (Å²) >= 11 is 0. The summed E-state index contributed by atoms with van der Waals surface area (Å²) < 4.78 is 68.8. The van der Waals surface area contributed by atoms with Crippen LogP contribution in [0.3, 0.4) is 0 Å². The molecule has 11 heteroatoms. The largest absolute Gasteiger partial charge is 0.469 e. The van der Waals surface area contributed by atoms with E-state index in [-0.39, 0.29) is 52.6 Å². The van der Waals surface area contributed by atoms with Crippen LogP contribution in [0.4, 0.5) is 8.78 Å². The summed E-state index contributed by atoms with van der Waals surface area (Å²) in [7, 11) is -2.22. The van der Waals surface area contributed by atoms with Crippen molar-refractivity contribution < 1.29 is 31.5 Å². The lowest BCUT2D eigenvalue weighted by atomic mass is 9.81. The molecule has 2 bridgehead atoms. The Morgan fingerprint density at radius 2 is 1.84 bits per heavy atom. The number of carbonyl (C=O) groups is 1. The van der Waals surface area contributed by atoms with Crippen LogP contribution in [-0.2, 0) is 37.7 Å². The number of ether oxygens (including phenoxy) is 2. The summed E-state index contributed by atoms with van der Waals surface area (Å²) in [5.41, 5.74) is 1.40. The average molecular weight is 706 g/mol. The van der Waals surface area contributed by atoms with Crippen LogP contribution >= 0.6 is 0 Å². The predicted molar refractivity (Wildman–Crippen MR) is 193 cm³/mol. The number of aromatic amines is 1. The fourth-order valence-electron chi connectivity index (χ4n) is 6.77. The van der Waals surface area contributed by atoms with Gasteiger partial charge in [-0.05, 0) is 85.7 Å². The van der Waals surface area contributed by atoms with Gasteiger partial charge in [-0.25, -0.2) is 17.2 Å². The van der Waals surface area contributed by atoms with Gasteiger partial charge in [-0.3, -0.25) is 4.79 Å². The standard InChI is InChI=1S/C39H45F2N3O5S/c1-25(37(45)48-5)20-26-8-6-9-27(21-26)39(4)16-7-15-38(2,3)24-50(46,47)19-14-30-29-12-17-43-35(29)23-33(41)36(30)49-28-10-11-32(40)31(22-28)34(42)13-18-44-39/h6,8-13,17-18,21-23,25,42-44H,7,14-16,19-20,24H2,1-5H3/b18-13-,42-34?/t25-,39?/m1/s1. The molecule has 1 aliphatic heterocycles. The molecular formula is C39H45F2N3O5S. The van der Waals surface area contributed by atoms with E-state index in [9.17, 15) is 13.2 Å². The van der Waals surface area contributed by atoms with Gasteiger partial charge in [0.15, 0.2) is 21.4 Å². The lowest BCUT2D eigenvalue weighted by Crippen LogP contribution is -2.37. The van der Waals surface area contributed by atoms with E-state index in [4.69, 9.17) is 14.9 Å². The van der Waals surface area contributed by atoms with Gasteiger partial charge in [-0.15, -0.1) is 0 Å². The molecule has 0 fully saturated rings. The van der Waals surface area contributed by atoms with Gasteiger partial charge in [0, 0.05) is 34.3 Å². The normalized spacial score (nSPS) is 21.0. The maximum Gasteiger partial charge on any atom is 0.308 e. The van der Waals surface area contributed by atoms with E-state index in [1.54, 1.807) is 18.5 Å². The fourth-order valence-corrected chi connectivity index (χ4v) is 8.76. The summed E-state index contributed by atoms with van der Waals surface area (Å²) in [5, 5.41) is 12.8. The van der Waals surface area contributed by atoms with Crippen LogP contribution in [0.15, 0.2) is 73.1 Å². The van der Waals surface area contributed by atoms with Gasteiger partial charge in [-0.2, -0.15) is 0 Å². The molecule has 0 saturated carbocycles. The number of aromatic nitrogens is 1. The van der Waals surface area contributed by atoms with Gasteiger partial charge in [0.2, 0.25) is 0 Å². The third-order valence-corrected chi connectivity index (χ3v) is 11.5. The minimum Gasteiger partial charge on any atom is -0.469 e. The third-order valence-electron chi connectivity index (χ3n) is 9.48. The number of nitrogens with one attached hydrogen (secondary N) is 3. The van der Waals surface area contributed by atoms with Crippen molar-refractivity contribution in [3.8, 4) is 11.5 Å². The number of carbonyl (C=O) groups excluding carboxylic acids is 1. The zero-order valence-corrected chi connectivity index (χ0v) is 30.0. The second kappa shape index (κ2) is 14.8. The lowest BCUT2D eigenvalue weighted by Gasteiger charge is -2.33. The minimum atomic E-state index is -3.59. The Bertz CT molecular complexity index is 2040. The van der Waals surface area contributed by atoms with Gasteiger partial charge in [0.1, 0.15) is 11.6 Å². The third kappa shape index (κ3) is 8.61. The Kier molecular flexibility index (Phi) is 10.9. The molecule has 1 aliphatic rings. The lowest BCUT2D eigenvalue weighted by molar-refractivity contribution is -0.144. The van der Waals surface area contributed by atoms with Crippen LogP contribution in [0.1, 0.15) is 69.2 Å². The number of H-pyrrole nitrogens is 1. The second-order valence-corrected chi connectivity index (χ2v) is 16.4. The molecule has 1 aromatic heterocycles. The van der Waals surface area contributed by atoms with Crippen molar-refractivity contribution >= 4 is 32.4 Å². The molecule has 1 unspecified atom stereocenters. The summed E-state index contributed by atoms with van der Waals surface area (Å²) in [6, 6.07) is 14.8. The van der Waals surface area contributed by atoms with Gasteiger partial charge >= 0.3 is 5.97 Å². The van der Waals surface area contributed by atoms with Gasteiger partial charge < -0.3 is 25.2 Å². The van der Waals surface area contributed by atoms with Gasteiger partial charge in [0.25, 0.3) is 0 Å². The molecule has 0 radical (unpaired) electrons. The van der Waals surface area contributed by atoms with E-state index in [1.165, 1.54) is 31.4 Å². The minimum absolute atomic E-state index is 0.0133. The highest BCUT2D eigenvalue weighted by atomic mass is 32.2. The molecule has 50 heavy (non-hydrogen) atoms. The van der Waals surface area contributed by atoms with E-state index < -0.39 is 32.4 Å². The van der Waals surface area contributed by atoms with E-state index in [0.717, 1.165) is 17.2 Å². The molecule has 0 amide bonds. The maximum absolute atomic E-state index is 15.5. The number of aryl methyl sites for hydroxylation is 1. The van der Waals surface area contributed by atoms with Gasteiger partial charge in [0.05, 0.1) is 35.8 Å². The quantitative estimate of drug-likeness (QED) is 0.184. The van der Waals surface area contributed by atoms with Crippen LogP contribution in [0, 0.1) is 28.4 Å². The van der Waals surface area contributed by atoms with E-state index in [0.29, 0.717) is 42.1 Å². The smallest absolute Gasteiger partial charge is 0.308 e. The average Bonchev–Trinajstić information content (AvgIpc) is 3.52. The Morgan fingerprint density at radius 1 is 1.06 bits per heavy atom. The molecule has 3 aromatic carbocycles. The Hall–Kier alpha value is -4.51. The van der Waals surface area contributed by atoms with Crippen LogP contribution in [0.5, 0.6) is 11.5 Å². The topological polar surface area (TPSA) is 121 Å². The monoisotopic (exact) mass is 705 g/mol. The number of rotatable bonds is 4.